The van der Waals surface area contributed by atoms with Crippen molar-refractivity contribution in [3.8, 4) is 0 Å². The van der Waals surface area contributed by atoms with Crippen molar-refractivity contribution in [2.24, 2.45) is 0 Å². The monoisotopic (exact) mass is 255 g/mol. The van der Waals surface area contributed by atoms with Gasteiger partial charge in [-0.15, -0.1) is 0 Å². The van der Waals surface area contributed by atoms with Crippen LogP contribution in [0, 0.1) is 0 Å². The van der Waals surface area contributed by atoms with Crippen LogP contribution in [0.1, 0.15) is 26.2 Å². The van der Waals surface area contributed by atoms with Crippen LogP contribution in [0.2, 0.25) is 0 Å². The first kappa shape index (κ1) is 14.3. The van der Waals surface area contributed by atoms with Crippen LogP contribution >= 0.6 is 0 Å². The quantitative estimate of drug-likeness (QED) is 0.681. The van der Waals surface area contributed by atoms with E-state index in [4.69, 9.17) is 4.74 Å². The molecule has 2 heterocycles. The van der Waals surface area contributed by atoms with Gasteiger partial charge in [0.15, 0.2) is 0 Å². The Kier molecular flexibility index (Phi) is 6.41. The zero-order valence-electron chi connectivity index (χ0n) is 11.9. The van der Waals surface area contributed by atoms with E-state index >= 15 is 0 Å². The van der Waals surface area contributed by atoms with Crippen molar-refractivity contribution < 1.29 is 4.74 Å². The average molecular weight is 255 g/mol. The minimum Gasteiger partial charge on any atom is -0.379 e. The van der Waals surface area contributed by atoms with Gasteiger partial charge in [-0.05, 0) is 45.4 Å². The predicted octanol–water partition coefficient (Wildman–Crippen LogP) is 0.783. The zero-order valence-corrected chi connectivity index (χ0v) is 11.9. The molecule has 0 radical (unpaired) electrons. The molecule has 106 valence electrons. The van der Waals surface area contributed by atoms with E-state index in [0.717, 1.165) is 38.9 Å². The third kappa shape index (κ3) is 4.50. The number of likely N-dealkylation sites (tertiary alicyclic amines) is 1. The van der Waals surface area contributed by atoms with Gasteiger partial charge in [-0.1, -0.05) is 6.92 Å². The van der Waals surface area contributed by atoms with Gasteiger partial charge in [0.2, 0.25) is 0 Å². The summed E-state index contributed by atoms with van der Waals surface area (Å²) in [7, 11) is 0. The second-order valence-corrected chi connectivity index (χ2v) is 5.50. The molecule has 4 nitrogen and oxygen atoms in total. The Morgan fingerprint density at radius 3 is 2.78 bits per heavy atom. The second-order valence-electron chi connectivity index (χ2n) is 5.50. The van der Waals surface area contributed by atoms with E-state index in [9.17, 15) is 0 Å². The Labute approximate surface area is 112 Å². The molecule has 2 fully saturated rings. The summed E-state index contributed by atoms with van der Waals surface area (Å²) < 4.78 is 5.42. The van der Waals surface area contributed by atoms with Gasteiger partial charge in [0.05, 0.1) is 13.2 Å². The first-order chi connectivity index (χ1) is 8.90. The molecule has 4 heteroatoms. The summed E-state index contributed by atoms with van der Waals surface area (Å²) in [5, 5.41) is 3.48. The molecule has 2 rings (SSSR count). The van der Waals surface area contributed by atoms with Crippen molar-refractivity contribution in [2.45, 2.75) is 32.2 Å². The molecule has 1 N–H and O–H groups in total. The van der Waals surface area contributed by atoms with Crippen LogP contribution in [0.3, 0.4) is 0 Å². The third-order valence-corrected chi connectivity index (χ3v) is 4.06. The Morgan fingerprint density at radius 1 is 1.17 bits per heavy atom. The van der Waals surface area contributed by atoms with E-state index in [2.05, 4.69) is 22.0 Å². The van der Waals surface area contributed by atoms with Crippen LogP contribution in [-0.2, 0) is 4.74 Å². The third-order valence-electron chi connectivity index (χ3n) is 4.06. The average Bonchev–Trinajstić information content (AvgIpc) is 2.88. The highest BCUT2D eigenvalue weighted by atomic mass is 16.5. The van der Waals surface area contributed by atoms with Crippen LogP contribution in [0.5, 0.6) is 0 Å². The van der Waals surface area contributed by atoms with Crippen molar-refractivity contribution in [2.75, 3.05) is 59.0 Å². The van der Waals surface area contributed by atoms with Crippen LogP contribution in [0.25, 0.3) is 0 Å². The first-order valence-electron chi connectivity index (χ1n) is 7.65. The Hall–Kier alpha value is -0.160. The highest BCUT2D eigenvalue weighted by Gasteiger charge is 2.28. The number of nitrogens with one attached hydrogen (secondary N) is 1. The maximum absolute atomic E-state index is 5.42. The summed E-state index contributed by atoms with van der Waals surface area (Å²) >= 11 is 0. The fourth-order valence-corrected chi connectivity index (χ4v) is 2.99. The second kappa shape index (κ2) is 8.10. The van der Waals surface area contributed by atoms with E-state index in [0.29, 0.717) is 0 Å². The van der Waals surface area contributed by atoms with Gasteiger partial charge in [0.25, 0.3) is 0 Å². The number of hydrogen-bond acceptors (Lipinski definition) is 4. The lowest BCUT2D eigenvalue weighted by molar-refractivity contribution is 0.0185. The SMILES string of the molecule is CCCNCCCN1CCC(N2CCOCC2)C1. The summed E-state index contributed by atoms with van der Waals surface area (Å²) in [6, 6.07) is 0.789. The van der Waals surface area contributed by atoms with Crippen molar-refractivity contribution in [1.82, 2.24) is 15.1 Å². The summed E-state index contributed by atoms with van der Waals surface area (Å²) in [4.78, 5) is 5.26. The van der Waals surface area contributed by atoms with Crippen LogP contribution in [0.15, 0.2) is 0 Å². The maximum atomic E-state index is 5.42. The largest absolute Gasteiger partial charge is 0.379 e. The van der Waals surface area contributed by atoms with E-state index in [1.807, 2.05) is 0 Å². The van der Waals surface area contributed by atoms with Crippen LogP contribution in [0.4, 0.5) is 0 Å². The zero-order chi connectivity index (χ0) is 12.6. The fraction of sp³-hybridized carbons (Fsp3) is 1.00. The number of nitrogens with zero attached hydrogens (tertiary/aromatic N) is 2. The molecular weight excluding hydrogens is 226 g/mol. The molecular formula is C14H29N3O. The molecule has 0 aromatic heterocycles. The molecule has 1 atom stereocenters. The number of ether oxygens (including phenoxy) is 1. The topological polar surface area (TPSA) is 27.7 Å². The molecule has 2 saturated heterocycles. The summed E-state index contributed by atoms with van der Waals surface area (Å²) in [5.74, 6) is 0. The van der Waals surface area contributed by atoms with Crippen LogP contribution < -0.4 is 5.32 Å². The Bertz CT molecular complexity index is 219. The van der Waals surface area contributed by atoms with Crippen molar-refractivity contribution in [3.05, 3.63) is 0 Å². The number of hydrogen-bond donors (Lipinski definition) is 1. The molecule has 2 aliphatic heterocycles. The highest BCUT2D eigenvalue weighted by Crippen LogP contribution is 2.16. The van der Waals surface area contributed by atoms with Gasteiger partial charge in [-0.25, -0.2) is 0 Å². The lowest BCUT2D eigenvalue weighted by Gasteiger charge is -2.32. The minimum absolute atomic E-state index is 0.789. The standard InChI is InChI=1S/C14H29N3O/c1-2-5-15-6-3-7-16-8-4-14(13-16)17-9-11-18-12-10-17/h14-15H,2-13H2,1H3. The van der Waals surface area contributed by atoms with Gasteiger partial charge < -0.3 is 15.0 Å². The molecule has 0 amide bonds. The van der Waals surface area contributed by atoms with E-state index < -0.39 is 0 Å². The van der Waals surface area contributed by atoms with Gasteiger partial charge in [-0.2, -0.15) is 0 Å². The summed E-state index contributed by atoms with van der Waals surface area (Å²) in [5.41, 5.74) is 0. The van der Waals surface area contributed by atoms with Crippen molar-refractivity contribution in [3.63, 3.8) is 0 Å². The molecule has 0 aromatic carbocycles. The highest BCUT2D eigenvalue weighted by molar-refractivity contribution is 4.84. The molecule has 18 heavy (non-hydrogen) atoms. The molecule has 2 aliphatic rings. The smallest absolute Gasteiger partial charge is 0.0594 e. The molecule has 1 unspecified atom stereocenters. The van der Waals surface area contributed by atoms with E-state index in [-0.39, 0.29) is 0 Å². The molecule has 0 aromatic rings. The lowest BCUT2D eigenvalue weighted by atomic mass is 10.2. The summed E-state index contributed by atoms with van der Waals surface area (Å²) in [6.45, 7) is 12.5. The fourth-order valence-electron chi connectivity index (χ4n) is 2.99. The first-order valence-corrected chi connectivity index (χ1v) is 7.65. The lowest BCUT2D eigenvalue weighted by Crippen LogP contribution is -2.44. The number of morpholine rings is 1. The number of rotatable bonds is 7. The van der Waals surface area contributed by atoms with Gasteiger partial charge >= 0.3 is 0 Å². The van der Waals surface area contributed by atoms with E-state index in [1.54, 1.807) is 0 Å². The summed E-state index contributed by atoms with van der Waals surface area (Å²) in [6.07, 6.45) is 3.88. The van der Waals surface area contributed by atoms with Gasteiger partial charge in [0, 0.05) is 25.7 Å². The molecule has 0 aliphatic carbocycles. The van der Waals surface area contributed by atoms with Crippen LogP contribution in [-0.4, -0.2) is 74.9 Å². The Morgan fingerprint density at radius 2 is 2.00 bits per heavy atom. The maximum Gasteiger partial charge on any atom is 0.0594 e. The Balaban J connectivity index is 1.56. The molecule has 0 spiro atoms. The van der Waals surface area contributed by atoms with E-state index in [1.165, 1.54) is 45.4 Å². The van der Waals surface area contributed by atoms with Crippen molar-refractivity contribution >= 4 is 0 Å². The minimum atomic E-state index is 0.789. The normalized spacial score (nSPS) is 26.8. The van der Waals surface area contributed by atoms with Gasteiger partial charge in [0.1, 0.15) is 0 Å². The van der Waals surface area contributed by atoms with Crippen molar-refractivity contribution in [1.29, 1.82) is 0 Å². The predicted molar refractivity (Wildman–Crippen MR) is 75.0 cm³/mol. The molecule has 0 bridgehead atoms. The van der Waals surface area contributed by atoms with Gasteiger partial charge in [-0.3, -0.25) is 4.90 Å². The molecule has 0 saturated carbocycles.